The molecule has 1 aromatic carbocycles. The Bertz CT molecular complexity index is 550. The van der Waals surface area contributed by atoms with Gasteiger partial charge in [0.15, 0.2) is 0 Å². The third-order valence-electron chi connectivity index (χ3n) is 2.59. The molecule has 1 aromatic heterocycles. The van der Waals surface area contributed by atoms with Gasteiger partial charge < -0.3 is 14.4 Å². The molecule has 0 unspecified atom stereocenters. The van der Waals surface area contributed by atoms with Crippen molar-refractivity contribution in [1.82, 2.24) is 4.57 Å². The first-order valence-electron chi connectivity index (χ1n) is 5.70. The van der Waals surface area contributed by atoms with Crippen molar-refractivity contribution < 1.29 is 14.6 Å². The SMILES string of the molecule is O=C(O)Cn1ccc2cc(OCCCBr)ccc21. The highest BCUT2D eigenvalue weighted by molar-refractivity contribution is 9.09. The normalized spacial score (nSPS) is 10.7. The summed E-state index contributed by atoms with van der Waals surface area (Å²) in [6.07, 6.45) is 2.74. The van der Waals surface area contributed by atoms with Crippen LogP contribution in [0.4, 0.5) is 0 Å². The zero-order chi connectivity index (χ0) is 13.0. The van der Waals surface area contributed by atoms with Crippen LogP contribution in [-0.4, -0.2) is 27.6 Å². The Balaban J connectivity index is 2.17. The Labute approximate surface area is 113 Å². The Morgan fingerprint density at radius 1 is 1.39 bits per heavy atom. The van der Waals surface area contributed by atoms with Crippen LogP contribution < -0.4 is 4.74 Å². The Morgan fingerprint density at radius 2 is 2.22 bits per heavy atom. The van der Waals surface area contributed by atoms with Crippen molar-refractivity contribution >= 4 is 32.8 Å². The highest BCUT2D eigenvalue weighted by Crippen LogP contribution is 2.22. The molecule has 0 aliphatic heterocycles. The van der Waals surface area contributed by atoms with Crippen LogP contribution in [0.15, 0.2) is 30.5 Å². The van der Waals surface area contributed by atoms with Crippen LogP contribution in [0, 0.1) is 0 Å². The smallest absolute Gasteiger partial charge is 0.323 e. The van der Waals surface area contributed by atoms with E-state index in [2.05, 4.69) is 15.9 Å². The van der Waals surface area contributed by atoms with Crippen molar-refractivity contribution in [2.24, 2.45) is 0 Å². The highest BCUT2D eigenvalue weighted by Gasteiger charge is 2.05. The summed E-state index contributed by atoms with van der Waals surface area (Å²) in [6.45, 7) is 0.653. The summed E-state index contributed by atoms with van der Waals surface area (Å²) in [5.74, 6) is -0.0262. The Hall–Kier alpha value is -1.49. The number of hydrogen-bond acceptors (Lipinski definition) is 2. The number of fused-ring (bicyclic) bond motifs is 1. The molecular formula is C13H14BrNO3. The van der Waals surface area contributed by atoms with Crippen molar-refractivity contribution in [1.29, 1.82) is 0 Å². The van der Waals surface area contributed by atoms with Gasteiger partial charge in [0.2, 0.25) is 0 Å². The van der Waals surface area contributed by atoms with E-state index < -0.39 is 5.97 Å². The molecule has 1 N–H and O–H groups in total. The minimum absolute atomic E-state index is 0.0205. The Morgan fingerprint density at radius 3 is 2.94 bits per heavy atom. The molecule has 0 radical (unpaired) electrons. The second-order valence-electron chi connectivity index (χ2n) is 3.95. The molecule has 1 heterocycles. The monoisotopic (exact) mass is 311 g/mol. The van der Waals surface area contributed by atoms with Crippen LogP contribution in [0.3, 0.4) is 0 Å². The van der Waals surface area contributed by atoms with Gasteiger partial charge in [0.25, 0.3) is 0 Å². The van der Waals surface area contributed by atoms with E-state index in [0.717, 1.165) is 28.4 Å². The molecule has 0 saturated carbocycles. The average molecular weight is 312 g/mol. The predicted octanol–water partition coefficient (Wildman–Crippen LogP) is 2.89. The van der Waals surface area contributed by atoms with Gasteiger partial charge in [-0.3, -0.25) is 4.79 Å². The molecule has 0 aliphatic rings. The van der Waals surface area contributed by atoms with Crippen LogP contribution in [0.25, 0.3) is 10.9 Å². The van der Waals surface area contributed by atoms with Crippen LogP contribution in [0.1, 0.15) is 6.42 Å². The van der Waals surface area contributed by atoms with Crippen molar-refractivity contribution in [3.05, 3.63) is 30.5 Å². The van der Waals surface area contributed by atoms with Gasteiger partial charge in [-0.2, -0.15) is 0 Å². The molecule has 2 aromatic rings. The Kier molecular flexibility index (Phi) is 4.25. The van der Waals surface area contributed by atoms with E-state index in [4.69, 9.17) is 9.84 Å². The first kappa shape index (κ1) is 13.0. The number of benzene rings is 1. The van der Waals surface area contributed by atoms with Crippen LogP contribution >= 0.6 is 15.9 Å². The third kappa shape index (κ3) is 3.04. The van der Waals surface area contributed by atoms with Crippen LogP contribution in [0.5, 0.6) is 5.75 Å². The van der Waals surface area contributed by atoms with Gasteiger partial charge in [-0.25, -0.2) is 0 Å². The summed E-state index contributed by atoms with van der Waals surface area (Å²) in [7, 11) is 0. The molecule has 0 spiro atoms. The van der Waals surface area contributed by atoms with E-state index in [0.29, 0.717) is 6.61 Å². The lowest BCUT2D eigenvalue weighted by Gasteiger charge is -2.06. The maximum atomic E-state index is 10.7. The number of aliphatic carboxylic acids is 1. The number of hydrogen-bond donors (Lipinski definition) is 1. The summed E-state index contributed by atoms with van der Waals surface area (Å²) in [5, 5.41) is 10.7. The lowest BCUT2D eigenvalue weighted by Crippen LogP contribution is -2.07. The van der Waals surface area contributed by atoms with Gasteiger partial charge in [0, 0.05) is 22.4 Å². The number of carbonyl (C=O) groups is 1. The minimum atomic E-state index is -0.842. The maximum Gasteiger partial charge on any atom is 0.323 e. The number of alkyl halides is 1. The number of carboxylic acids is 1. The molecule has 0 bridgehead atoms. The second kappa shape index (κ2) is 5.91. The predicted molar refractivity (Wildman–Crippen MR) is 73.5 cm³/mol. The number of halogens is 1. The quantitative estimate of drug-likeness (QED) is 0.659. The highest BCUT2D eigenvalue weighted by atomic mass is 79.9. The molecule has 0 aliphatic carbocycles. The summed E-state index contributed by atoms with van der Waals surface area (Å²) in [5.41, 5.74) is 0.908. The standard InChI is InChI=1S/C13H14BrNO3/c14-5-1-7-18-11-2-3-12-10(8-11)4-6-15(12)9-13(16)17/h2-4,6,8H,1,5,7,9H2,(H,16,17). The van der Waals surface area contributed by atoms with Gasteiger partial charge in [-0.05, 0) is 30.7 Å². The molecular weight excluding hydrogens is 298 g/mol. The average Bonchev–Trinajstić information content (AvgIpc) is 2.72. The topological polar surface area (TPSA) is 51.5 Å². The van der Waals surface area contributed by atoms with E-state index in [1.807, 2.05) is 24.3 Å². The molecule has 18 heavy (non-hydrogen) atoms. The van der Waals surface area contributed by atoms with Gasteiger partial charge in [-0.15, -0.1) is 0 Å². The molecule has 96 valence electrons. The van der Waals surface area contributed by atoms with E-state index >= 15 is 0 Å². The number of ether oxygens (including phenoxy) is 1. The van der Waals surface area contributed by atoms with E-state index in [1.54, 1.807) is 10.8 Å². The van der Waals surface area contributed by atoms with Gasteiger partial charge in [0.1, 0.15) is 12.3 Å². The zero-order valence-corrected chi connectivity index (χ0v) is 11.4. The molecule has 4 nitrogen and oxygen atoms in total. The first-order valence-corrected chi connectivity index (χ1v) is 6.82. The molecule has 2 rings (SSSR count). The lowest BCUT2D eigenvalue weighted by atomic mass is 10.2. The van der Waals surface area contributed by atoms with Crippen LogP contribution in [-0.2, 0) is 11.3 Å². The second-order valence-corrected chi connectivity index (χ2v) is 4.74. The molecule has 0 fully saturated rings. The van der Waals surface area contributed by atoms with Crippen molar-refractivity contribution in [2.75, 3.05) is 11.9 Å². The zero-order valence-electron chi connectivity index (χ0n) is 9.80. The largest absolute Gasteiger partial charge is 0.494 e. The number of rotatable bonds is 6. The number of aromatic nitrogens is 1. The van der Waals surface area contributed by atoms with E-state index in [9.17, 15) is 4.79 Å². The van der Waals surface area contributed by atoms with Gasteiger partial charge in [0.05, 0.1) is 6.61 Å². The summed E-state index contributed by atoms with van der Waals surface area (Å²) < 4.78 is 7.30. The summed E-state index contributed by atoms with van der Waals surface area (Å²) >= 11 is 3.35. The van der Waals surface area contributed by atoms with E-state index in [-0.39, 0.29) is 6.54 Å². The van der Waals surface area contributed by atoms with Crippen molar-refractivity contribution in [2.45, 2.75) is 13.0 Å². The molecule has 0 atom stereocenters. The maximum absolute atomic E-state index is 10.7. The lowest BCUT2D eigenvalue weighted by molar-refractivity contribution is -0.137. The fourth-order valence-corrected chi connectivity index (χ4v) is 2.03. The molecule has 5 heteroatoms. The molecule has 0 saturated heterocycles. The summed E-state index contributed by atoms with van der Waals surface area (Å²) in [6, 6.07) is 7.59. The minimum Gasteiger partial charge on any atom is -0.494 e. The van der Waals surface area contributed by atoms with Crippen molar-refractivity contribution in [3.8, 4) is 5.75 Å². The summed E-state index contributed by atoms with van der Waals surface area (Å²) in [4.78, 5) is 10.7. The third-order valence-corrected chi connectivity index (χ3v) is 3.16. The van der Waals surface area contributed by atoms with E-state index in [1.165, 1.54) is 0 Å². The fourth-order valence-electron chi connectivity index (χ4n) is 1.80. The first-order chi connectivity index (χ1) is 8.70. The van der Waals surface area contributed by atoms with Gasteiger partial charge >= 0.3 is 5.97 Å². The molecule has 0 amide bonds. The number of nitrogens with zero attached hydrogens (tertiary/aromatic N) is 1. The van der Waals surface area contributed by atoms with Gasteiger partial charge in [-0.1, -0.05) is 15.9 Å². The fraction of sp³-hybridized carbons (Fsp3) is 0.308. The number of carboxylic acid groups (broad SMARTS) is 1. The van der Waals surface area contributed by atoms with Crippen LogP contribution in [0.2, 0.25) is 0 Å². The van der Waals surface area contributed by atoms with Crippen molar-refractivity contribution in [3.63, 3.8) is 0 Å².